The Hall–Kier alpha value is -0.610. The third-order valence-corrected chi connectivity index (χ3v) is 5.24. The van der Waals surface area contributed by atoms with Gasteiger partial charge in [0.05, 0.1) is 13.2 Å². The largest absolute Gasteiger partial charge is 0.395 e. The predicted molar refractivity (Wildman–Crippen MR) is 85.2 cm³/mol. The maximum atomic E-state index is 12.7. The topological polar surface area (TPSA) is 43.8 Å². The van der Waals surface area contributed by atoms with Crippen LogP contribution in [0, 0.1) is 0 Å². The van der Waals surface area contributed by atoms with Crippen molar-refractivity contribution >= 4 is 5.91 Å². The Bertz CT molecular complexity index is 310. The molecule has 0 aromatic rings. The van der Waals surface area contributed by atoms with E-state index < -0.39 is 0 Å². The molecule has 2 fully saturated rings. The van der Waals surface area contributed by atoms with Crippen molar-refractivity contribution in [1.29, 1.82) is 0 Å². The Morgan fingerprint density at radius 1 is 1.00 bits per heavy atom. The average Bonchev–Trinajstić information content (AvgIpc) is 3.03. The molecule has 2 rings (SSSR count). The Balaban J connectivity index is 1.91. The summed E-state index contributed by atoms with van der Waals surface area (Å²) in [6.07, 6.45) is 11.1. The summed E-state index contributed by atoms with van der Waals surface area (Å²) in [5.41, 5.74) is 0. The zero-order valence-electron chi connectivity index (χ0n) is 13.6. The Labute approximate surface area is 129 Å². The van der Waals surface area contributed by atoms with Crippen molar-refractivity contribution in [1.82, 2.24) is 9.80 Å². The van der Waals surface area contributed by atoms with Crippen LogP contribution in [-0.4, -0.2) is 59.1 Å². The van der Waals surface area contributed by atoms with Gasteiger partial charge in [-0.05, 0) is 32.6 Å². The van der Waals surface area contributed by atoms with Gasteiger partial charge in [-0.3, -0.25) is 9.69 Å². The number of aliphatic hydroxyl groups is 1. The van der Waals surface area contributed by atoms with Crippen LogP contribution < -0.4 is 0 Å². The SMILES string of the molecule is CCN(C(=O)CN(CCO)C1CCCC1)C1CCCCC1. The van der Waals surface area contributed by atoms with Gasteiger partial charge in [0, 0.05) is 25.2 Å². The molecule has 0 aliphatic heterocycles. The number of amides is 1. The lowest BCUT2D eigenvalue weighted by atomic mass is 9.94. The summed E-state index contributed by atoms with van der Waals surface area (Å²) < 4.78 is 0. The number of likely N-dealkylation sites (N-methyl/N-ethyl adjacent to an activating group) is 1. The zero-order valence-corrected chi connectivity index (χ0v) is 13.6. The molecule has 0 atom stereocenters. The van der Waals surface area contributed by atoms with E-state index in [0.717, 1.165) is 6.54 Å². The van der Waals surface area contributed by atoms with E-state index in [2.05, 4.69) is 16.7 Å². The second-order valence-corrected chi connectivity index (χ2v) is 6.60. The molecule has 0 heterocycles. The van der Waals surface area contributed by atoms with E-state index in [9.17, 15) is 9.90 Å². The predicted octanol–water partition coefficient (Wildman–Crippen LogP) is 2.40. The number of nitrogens with zero attached hydrogens (tertiary/aromatic N) is 2. The minimum atomic E-state index is 0.152. The highest BCUT2D eigenvalue weighted by Crippen LogP contribution is 2.25. The first-order valence-electron chi connectivity index (χ1n) is 8.90. The average molecular weight is 296 g/mol. The molecule has 0 spiro atoms. The van der Waals surface area contributed by atoms with E-state index in [-0.39, 0.29) is 12.5 Å². The highest BCUT2D eigenvalue weighted by atomic mass is 16.3. The number of carbonyl (C=O) groups excluding carboxylic acids is 1. The fourth-order valence-corrected chi connectivity index (χ4v) is 4.08. The van der Waals surface area contributed by atoms with Crippen molar-refractivity contribution in [2.75, 3.05) is 26.2 Å². The third-order valence-electron chi connectivity index (χ3n) is 5.24. The molecule has 0 aromatic carbocycles. The molecule has 1 amide bonds. The molecule has 4 nitrogen and oxygen atoms in total. The Morgan fingerprint density at radius 3 is 2.14 bits per heavy atom. The first kappa shape index (κ1) is 16.8. The van der Waals surface area contributed by atoms with E-state index in [1.165, 1.54) is 57.8 Å². The molecule has 122 valence electrons. The van der Waals surface area contributed by atoms with Crippen LogP contribution in [0.25, 0.3) is 0 Å². The zero-order chi connectivity index (χ0) is 15.1. The summed E-state index contributed by atoms with van der Waals surface area (Å²) in [6, 6.07) is 0.960. The minimum Gasteiger partial charge on any atom is -0.395 e. The van der Waals surface area contributed by atoms with Gasteiger partial charge < -0.3 is 10.0 Å². The lowest BCUT2D eigenvalue weighted by Gasteiger charge is -2.36. The Kier molecular flexibility index (Phi) is 6.97. The van der Waals surface area contributed by atoms with Crippen LogP contribution in [0.5, 0.6) is 0 Å². The van der Waals surface area contributed by atoms with E-state index in [4.69, 9.17) is 0 Å². The van der Waals surface area contributed by atoms with E-state index >= 15 is 0 Å². The molecule has 0 aromatic heterocycles. The van der Waals surface area contributed by atoms with Gasteiger partial charge in [-0.15, -0.1) is 0 Å². The fraction of sp³-hybridized carbons (Fsp3) is 0.941. The van der Waals surface area contributed by atoms with Crippen LogP contribution in [0.2, 0.25) is 0 Å². The summed E-state index contributed by atoms with van der Waals surface area (Å²) in [5, 5.41) is 9.29. The van der Waals surface area contributed by atoms with Crippen LogP contribution in [0.4, 0.5) is 0 Å². The lowest BCUT2D eigenvalue weighted by molar-refractivity contribution is -0.135. The summed E-state index contributed by atoms with van der Waals surface area (Å²) in [7, 11) is 0. The van der Waals surface area contributed by atoms with Crippen molar-refractivity contribution in [2.24, 2.45) is 0 Å². The van der Waals surface area contributed by atoms with Gasteiger partial charge in [0.1, 0.15) is 0 Å². The van der Waals surface area contributed by atoms with Crippen LogP contribution in [-0.2, 0) is 4.79 Å². The van der Waals surface area contributed by atoms with Gasteiger partial charge in [-0.25, -0.2) is 0 Å². The highest BCUT2D eigenvalue weighted by Gasteiger charge is 2.28. The van der Waals surface area contributed by atoms with Crippen LogP contribution in [0.3, 0.4) is 0 Å². The van der Waals surface area contributed by atoms with Gasteiger partial charge in [0.25, 0.3) is 0 Å². The quantitative estimate of drug-likeness (QED) is 0.784. The van der Waals surface area contributed by atoms with Crippen molar-refractivity contribution in [3.63, 3.8) is 0 Å². The first-order chi connectivity index (χ1) is 10.3. The summed E-state index contributed by atoms with van der Waals surface area (Å²) in [5.74, 6) is 0.268. The molecular weight excluding hydrogens is 264 g/mol. The van der Waals surface area contributed by atoms with Crippen LogP contribution in [0.15, 0.2) is 0 Å². The van der Waals surface area contributed by atoms with Crippen molar-refractivity contribution in [3.05, 3.63) is 0 Å². The standard InChI is InChI=1S/C17H32N2O2/c1-2-19(16-10-4-3-5-11-16)17(21)14-18(12-13-20)15-8-6-7-9-15/h15-16,20H,2-14H2,1H3. The van der Waals surface area contributed by atoms with Gasteiger partial charge in [0.15, 0.2) is 0 Å². The van der Waals surface area contributed by atoms with E-state index in [0.29, 0.717) is 25.2 Å². The molecule has 1 N–H and O–H groups in total. The molecule has 0 saturated heterocycles. The van der Waals surface area contributed by atoms with Gasteiger partial charge >= 0.3 is 0 Å². The smallest absolute Gasteiger partial charge is 0.236 e. The molecule has 2 saturated carbocycles. The molecule has 0 radical (unpaired) electrons. The lowest BCUT2D eigenvalue weighted by Crippen LogP contribution is -2.48. The maximum absolute atomic E-state index is 12.7. The van der Waals surface area contributed by atoms with E-state index in [1.807, 2.05) is 0 Å². The fourth-order valence-electron chi connectivity index (χ4n) is 4.08. The molecular formula is C17H32N2O2. The summed E-state index contributed by atoms with van der Waals surface area (Å²) in [6.45, 7) is 4.20. The second kappa shape index (κ2) is 8.74. The van der Waals surface area contributed by atoms with Crippen molar-refractivity contribution in [3.8, 4) is 0 Å². The minimum absolute atomic E-state index is 0.152. The molecule has 0 bridgehead atoms. The van der Waals surface area contributed by atoms with Crippen molar-refractivity contribution in [2.45, 2.75) is 76.8 Å². The number of rotatable bonds is 7. The monoisotopic (exact) mass is 296 g/mol. The summed E-state index contributed by atoms with van der Waals surface area (Å²) >= 11 is 0. The van der Waals surface area contributed by atoms with Crippen LogP contribution >= 0.6 is 0 Å². The van der Waals surface area contributed by atoms with Gasteiger partial charge in [-0.2, -0.15) is 0 Å². The number of hydrogen-bond donors (Lipinski definition) is 1. The van der Waals surface area contributed by atoms with Gasteiger partial charge in [0.2, 0.25) is 5.91 Å². The van der Waals surface area contributed by atoms with Gasteiger partial charge in [-0.1, -0.05) is 32.1 Å². The maximum Gasteiger partial charge on any atom is 0.236 e. The molecule has 21 heavy (non-hydrogen) atoms. The number of hydrogen-bond acceptors (Lipinski definition) is 3. The van der Waals surface area contributed by atoms with Crippen molar-refractivity contribution < 1.29 is 9.90 Å². The number of aliphatic hydroxyl groups excluding tert-OH is 1. The first-order valence-corrected chi connectivity index (χ1v) is 8.90. The molecule has 4 heteroatoms. The molecule has 0 unspecified atom stereocenters. The van der Waals surface area contributed by atoms with E-state index in [1.54, 1.807) is 0 Å². The Morgan fingerprint density at radius 2 is 1.57 bits per heavy atom. The molecule has 2 aliphatic rings. The summed E-state index contributed by atoms with van der Waals surface area (Å²) in [4.78, 5) is 17.0. The van der Waals surface area contributed by atoms with Crippen LogP contribution in [0.1, 0.15) is 64.7 Å². The highest BCUT2D eigenvalue weighted by molar-refractivity contribution is 5.78. The normalized spacial score (nSPS) is 21.1. The second-order valence-electron chi connectivity index (χ2n) is 6.60. The number of carbonyl (C=O) groups is 1. The third kappa shape index (κ3) is 4.68. The molecule has 2 aliphatic carbocycles.